The molecular formula is C13H16ClN3O2. The number of carbonyl (C=O) groups excluding carboxylic acids is 2. The molecule has 19 heavy (non-hydrogen) atoms. The van der Waals surface area contributed by atoms with E-state index in [1.807, 2.05) is 13.0 Å². The van der Waals surface area contributed by atoms with Crippen molar-refractivity contribution in [2.24, 2.45) is 0 Å². The van der Waals surface area contributed by atoms with Crippen molar-refractivity contribution in [1.82, 2.24) is 9.80 Å². The average molecular weight is 282 g/mol. The summed E-state index contributed by atoms with van der Waals surface area (Å²) in [7, 11) is 0. The van der Waals surface area contributed by atoms with E-state index in [1.54, 1.807) is 21.9 Å². The van der Waals surface area contributed by atoms with Gasteiger partial charge in [-0.15, -0.1) is 0 Å². The Morgan fingerprint density at radius 1 is 1.32 bits per heavy atom. The van der Waals surface area contributed by atoms with Crippen molar-refractivity contribution in [2.75, 3.05) is 31.5 Å². The maximum Gasteiger partial charge on any atom is 0.321 e. The third-order valence-electron chi connectivity index (χ3n) is 3.18. The standard InChI is InChI=1S/C13H16ClN3O2/c1-10-8-11(14)2-3-12(10)15-13(19)17-6-4-16(9-18)5-7-17/h2-3,8-9H,4-7H2,1H3,(H,15,19). The Kier molecular flexibility index (Phi) is 4.27. The largest absolute Gasteiger partial charge is 0.342 e. The average Bonchev–Trinajstić information content (AvgIpc) is 2.42. The van der Waals surface area contributed by atoms with Crippen LogP contribution in [-0.4, -0.2) is 48.4 Å². The quantitative estimate of drug-likeness (QED) is 0.843. The van der Waals surface area contributed by atoms with Crippen molar-refractivity contribution >= 4 is 29.7 Å². The van der Waals surface area contributed by atoms with Gasteiger partial charge in [-0.05, 0) is 30.7 Å². The highest BCUT2D eigenvalue weighted by Gasteiger charge is 2.20. The lowest BCUT2D eigenvalue weighted by atomic mass is 10.2. The summed E-state index contributed by atoms with van der Waals surface area (Å²) in [6.45, 7) is 4.16. The first-order chi connectivity index (χ1) is 9.10. The van der Waals surface area contributed by atoms with Crippen LogP contribution in [0.4, 0.5) is 10.5 Å². The Bertz CT molecular complexity index is 485. The summed E-state index contributed by atoms with van der Waals surface area (Å²) in [6.07, 6.45) is 0.818. The molecule has 1 fully saturated rings. The predicted octanol–water partition coefficient (Wildman–Crippen LogP) is 1.95. The minimum Gasteiger partial charge on any atom is -0.342 e. The first-order valence-electron chi connectivity index (χ1n) is 6.11. The molecule has 1 aliphatic heterocycles. The second-order valence-corrected chi connectivity index (χ2v) is 4.95. The van der Waals surface area contributed by atoms with Crippen LogP contribution in [0.25, 0.3) is 0 Å². The fourth-order valence-corrected chi connectivity index (χ4v) is 2.22. The molecule has 0 aliphatic carbocycles. The lowest BCUT2D eigenvalue weighted by Gasteiger charge is -2.32. The Morgan fingerprint density at radius 2 is 2.00 bits per heavy atom. The summed E-state index contributed by atoms with van der Waals surface area (Å²) in [5, 5.41) is 3.51. The van der Waals surface area contributed by atoms with E-state index in [1.165, 1.54) is 0 Å². The maximum absolute atomic E-state index is 12.1. The zero-order valence-electron chi connectivity index (χ0n) is 10.7. The minimum absolute atomic E-state index is 0.143. The molecule has 0 spiro atoms. The maximum atomic E-state index is 12.1. The summed E-state index contributed by atoms with van der Waals surface area (Å²) in [4.78, 5) is 26.0. The number of amides is 3. The van der Waals surface area contributed by atoms with Crippen molar-refractivity contribution in [3.63, 3.8) is 0 Å². The number of hydrogen-bond acceptors (Lipinski definition) is 2. The van der Waals surface area contributed by atoms with Gasteiger partial charge in [-0.2, -0.15) is 0 Å². The lowest BCUT2D eigenvalue weighted by molar-refractivity contribution is -0.119. The van der Waals surface area contributed by atoms with E-state index in [-0.39, 0.29) is 6.03 Å². The van der Waals surface area contributed by atoms with Crippen LogP contribution in [0.1, 0.15) is 5.56 Å². The van der Waals surface area contributed by atoms with Crippen LogP contribution in [0, 0.1) is 6.92 Å². The topological polar surface area (TPSA) is 52.7 Å². The van der Waals surface area contributed by atoms with Crippen LogP contribution < -0.4 is 5.32 Å². The Morgan fingerprint density at radius 3 is 2.58 bits per heavy atom. The molecule has 0 aromatic heterocycles. The number of carbonyl (C=O) groups is 2. The van der Waals surface area contributed by atoms with E-state index in [4.69, 9.17) is 11.6 Å². The van der Waals surface area contributed by atoms with Gasteiger partial charge in [0.05, 0.1) is 0 Å². The SMILES string of the molecule is Cc1cc(Cl)ccc1NC(=O)N1CCN(C=O)CC1. The molecule has 0 atom stereocenters. The highest BCUT2D eigenvalue weighted by atomic mass is 35.5. The molecule has 0 bridgehead atoms. The molecule has 5 nitrogen and oxygen atoms in total. The zero-order valence-corrected chi connectivity index (χ0v) is 11.5. The van der Waals surface area contributed by atoms with Gasteiger partial charge >= 0.3 is 6.03 Å². The van der Waals surface area contributed by atoms with Crippen LogP contribution in [-0.2, 0) is 4.79 Å². The van der Waals surface area contributed by atoms with E-state index in [9.17, 15) is 9.59 Å². The molecule has 1 saturated heterocycles. The number of hydrogen-bond donors (Lipinski definition) is 1. The number of nitrogens with one attached hydrogen (secondary N) is 1. The smallest absolute Gasteiger partial charge is 0.321 e. The molecule has 0 saturated carbocycles. The Balaban J connectivity index is 1.96. The summed E-state index contributed by atoms with van der Waals surface area (Å²) in [5.74, 6) is 0. The molecule has 2 rings (SSSR count). The number of halogens is 1. The van der Waals surface area contributed by atoms with Crippen LogP contribution in [0.2, 0.25) is 5.02 Å². The molecule has 1 aliphatic rings. The monoisotopic (exact) mass is 281 g/mol. The molecule has 1 aromatic rings. The van der Waals surface area contributed by atoms with Gasteiger partial charge in [0.25, 0.3) is 0 Å². The summed E-state index contributed by atoms with van der Waals surface area (Å²) < 4.78 is 0. The van der Waals surface area contributed by atoms with Crippen LogP contribution in [0.3, 0.4) is 0 Å². The normalized spacial score (nSPS) is 15.3. The molecule has 3 amide bonds. The van der Waals surface area contributed by atoms with Crippen molar-refractivity contribution in [3.05, 3.63) is 28.8 Å². The number of urea groups is 1. The van der Waals surface area contributed by atoms with Gasteiger partial charge < -0.3 is 15.1 Å². The van der Waals surface area contributed by atoms with Crippen molar-refractivity contribution in [1.29, 1.82) is 0 Å². The summed E-state index contributed by atoms with van der Waals surface area (Å²) >= 11 is 5.87. The summed E-state index contributed by atoms with van der Waals surface area (Å²) in [6, 6.07) is 5.20. The number of nitrogens with zero attached hydrogens (tertiary/aromatic N) is 2. The summed E-state index contributed by atoms with van der Waals surface area (Å²) in [5.41, 5.74) is 1.68. The second kappa shape index (κ2) is 5.93. The van der Waals surface area contributed by atoms with E-state index in [2.05, 4.69) is 5.32 Å². The van der Waals surface area contributed by atoms with Gasteiger partial charge in [-0.3, -0.25) is 4.79 Å². The predicted molar refractivity (Wildman–Crippen MR) is 74.4 cm³/mol. The van der Waals surface area contributed by atoms with E-state index in [0.717, 1.165) is 17.7 Å². The zero-order chi connectivity index (χ0) is 13.8. The van der Waals surface area contributed by atoms with Crippen molar-refractivity contribution < 1.29 is 9.59 Å². The number of rotatable bonds is 2. The first kappa shape index (κ1) is 13.7. The second-order valence-electron chi connectivity index (χ2n) is 4.52. The number of aryl methyl sites for hydroxylation is 1. The minimum atomic E-state index is -0.143. The molecular weight excluding hydrogens is 266 g/mol. The highest BCUT2D eigenvalue weighted by molar-refractivity contribution is 6.30. The van der Waals surface area contributed by atoms with E-state index >= 15 is 0 Å². The lowest BCUT2D eigenvalue weighted by Crippen LogP contribution is -2.49. The Hall–Kier alpha value is -1.75. The van der Waals surface area contributed by atoms with Gasteiger partial charge in [0, 0.05) is 36.9 Å². The fourth-order valence-electron chi connectivity index (χ4n) is 1.99. The third kappa shape index (κ3) is 3.38. The highest BCUT2D eigenvalue weighted by Crippen LogP contribution is 2.20. The fraction of sp³-hybridized carbons (Fsp3) is 0.385. The van der Waals surface area contributed by atoms with Gasteiger partial charge in [0.15, 0.2) is 0 Å². The van der Waals surface area contributed by atoms with Gasteiger partial charge in [0.1, 0.15) is 0 Å². The van der Waals surface area contributed by atoms with Gasteiger partial charge in [-0.25, -0.2) is 4.79 Å². The van der Waals surface area contributed by atoms with Gasteiger partial charge in [-0.1, -0.05) is 11.6 Å². The van der Waals surface area contributed by atoms with Crippen LogP contribution >= 0.6 is 11.6 Å². The third-order valence-corrected chi connectivity index (χ3v) is 3.42. The number of benzene rings is 1. The number of anilines is 1. The molecule has 1 aromatic carbocycles. The van der Waals surface area contributed by atoms with Crippen molar-refractivity contribution in [3.8, 4) is 0 Å². The first-order valence-corrected chi connectivity index (χ1v) is 6.49. The molecule has 6 heteroatoms. The molecule has 1 N–H and O–H groups in total. The molecule has 1 heterocycles. The molecule has 102 valence electrons. The van der Waals surface area contributed by atoms with E-state index in [0.29, 0.717) is 31.2 Å². The number of piperazine rings is 1. The Labute approximate surface area is 117 Å². The van der Waals surface area contributed by atoms with Crippen LogP contribution in [0.15, 0.2) is 18.2 Å². The van der Waals surface area contributed by atoms with Crippen LogP contribution in [0.5, 0.6) is 0 Å². The van der Waals surface area contributed by atoms with E-state index < -0.39 is 0 Å². The molecule has 0 radical (unpaired) electrons. The van der Waals surface area contributed by atoms with Crippen molar-refractivity contribution in [2.45, 2.75) is 6.92 Å². The van der Waals surface area contributed by atoms with Gasteiger partial charge in [0.2, 0.25) is 6.41 Å². The molecule has 0 unspecified atom stereocenters.